The Hall–Kier alpha value is -1.55. The molecule has 0 spiro atoms. The van der Waals surface area contributed by atoms with Gasteiger partial charge in [-0.3, -0.25) is 4.79 Å². The number of carbonyl (C=O) groups is 1. The number of amides is 1. The fourth-order valence-electron chi connectivity index (χ4n) is 2.51. The van der Waals surface area contributed by atoms with E-state index in [0.29, 0.717) is 12.6 Å². The van der Waals surface area contributed by atoms with E-state index in [1.807, 2.05) is 25.2 Å². The van der Waals surface area contributed by atoms with Crippen LogP contribution in [-0.4, -0.2) is 38.6 Å². The first-order valence-corrected chi connectivity index (χ1v) is 6.96. The second-order valence-electron chi connectivity index (χ2n) is 5.19. The summed E-state index contributed by atoms with van der Waals surface area (Å²) in [6.07, 6.45) is 0.946. The molecule has 104 valence electrons. The van der Waals surface area contributed by atoms with Gasteiger partial charge in [-0.05, 0) is 32.0 Å². The van der Waals surface area contributed by atoms with Crippen molar-refractivity contribution >= 4 is 11.6 Å². The molecule has 1 fully saturated rings. The minimum atomic E-state index is 0.127. The molecule has 0 bridgehead atoms. The fourth-order valence-corrected chi connectivity index (χ4v) is 2.51. The average molecular weight is 261 g/mol. The second-order valence-corrected chi connectivity index (χ2v) is 5.19. The number of para-hydroxylation sites is 1. The molecule has 2 N–H and O–H groups in total. The molecule has 1 aliphatic rings. The van der Waals surface area contributed by atoms with Crippen LogP contribution in [0.4, 0.5) is 5.69 Å². The summed E-state index contributed by atoms with van der Waals surface area (Å²) in [5.74, 6) is 0.306. The van der Waals surface area contributed by atoms with Gasteiger partial charge in [-0.2, -0.15) is 0 Å². The van der Waals surface area contributed by atoms with E-state index in [1.165, 1.54) is 5.69 Å². The summed E-state index contributed by atoms with van der Waals surface area (Å²) in [5, 5.41) is 6.34. The van der Waals surface area contributed by atoms with Crippen LogP contribution in [0.15, 0.2) is 30.3 Å². The second kappa shape index (κ2) is 6.57. The lowest BCUT2D eigenvalue weighted by atomic mass is 10.0. The lowest BCUT2D eigenvalue weighted by Crippen LogP contribution is -2.40. The highest BCUT2D eigenvalue weighted by Gasteiger charge is 2.28. The van der Waals surface area contributed by atoms with Gasteiger partial charge in [0, 0.05) is 31.9 Å². The van der Waals surface area contributed by atoms with Gasteiger partial charge in [0.05, 0.1) is 5.92 Å². The van der Waals surface area contributed by atoms with Crippen molar-refractivity contribution in [3.63, 3.8) is 0 Å². The Balaban J connectivity index is 1.73. The van der Waals surface area contributed by atoms with Crippen molar-refractivity contribution in [1.82, 2.24) is 10.6 Å². The van der Waals surface area contributed by atoms with Crippen molar-refractivity contribution in [3.05, 3.63) is 30.3 Å². The molecule has 4 heteroatoms. The zero-order chi connectivity index (χ0) is 13.7. The Bertz CT molecular complexity index is 407. The van der Waals surface area contributed by atoms with Crippen LogP contribution in [0.1, 0.15) is 13.3 Å². The molecule has 0 saturated carbocycles. The van der Waals surface area contributed by atoms with Crippen LogP contribution in [0.2, 0.25) is 0 Å². The van der Waals surface area contributed by atoms with Crippen LogP contribution in [0.25, 0.3) is 0 Å². The number of hydrogen-bond acceptors (Lipinski definition) is 3. The molecule has 1 heterocycles. The first-order valence-electron chi connectivity index (χ1n) is 6.96. The Morgan fingerprint density at radius 3 is 2.79 bits per heavy atom. The Morgan fingerprint density at radius 2 is 2.16 bits per heavy atom. The highest BCUT2D eigenvalue weighted by molar-refractivity contribution is 5.79. The van der Waals surface area contributed by atoms with E-state index in [9.17, 15) is 4.79 Å². The summed E-state index contributed by atoms with van der Waals surface area (Å²) >= 11 is 0. The molecule has 1 aromatic carbocycles. The molecule has 4 nitrogen and oxygen atoms in total. The van der Waals surface area contributed by atoms with Gasteiger partial charge < -0.3 is 15.5 Å². The fraction of sp³-hybridized carbons (Fsp3) is 0.533. The van der Waals surface area contributed by atoms with Crippen LogP contribution < -0.4 is 15.5 Å². The largest absolute Gasteiger partial charge is 0.373 e. The lowest BCUT2D eigenvalue weighted by Gasteiger charge is -2.20. The first kappa shape index (κ1) is 13.9. The number of rotatable bonds is 5. The average Bonchev–Trinajstić information content (AvgIpc) is 2.86. The van der Waals surface area contributed by atoms with Gasteiger partial charge in [0.1, 0.15) is 0 Å². The summed E-state index contributed by atoms with van der Waals surface area (Å²) in [7, 11) is 2.04. The zero-order valence-corrected chi connectivity index (χ0v) is 11.7. The van der Waals surface area contributed by atoms with Gasteiger partial charge >= 0.3 is 0 Å². The van der Waals surface area contributed by atoms with Gasteiger partial charge in [-0.15, -0.1) is 0 Å². The summed E-state index contributed by atoms with van der Waals surface area (Å²) < 4.78 is 0. The number of anilines is 1. The van der Waals surface area contributed by atoms with Crippen molar-refractivity contribution in [2.45, 2.75) is 19.4 Å². The molecular formula is C15H23N3O. The van der Waals surface area contributed by atoms with Gasteiger partial charge in [0.25, 0.3) is 0 Å². The highest BCUT2D eigenvalue weighted by Crippen LogP contribution is 2.15. The standard InChI is InChI=1S/C15H23N3O/c1-12-14(8-9-16-12)15(19)17-10-11-18(2)13-6-4-3-5-7-13/h3-7,12,14,16H,8-11H2,1-2H3,(H,17,19). The normalized spacial score (nSPS) is 22.2. The van der Waals surface area contributed by atoms with Gasteiger partial charge in [0.15, 0.2) is 0 Å². The summed E-state index contributed by atoms with van der Waals surface area (Å²) in [5.41, 5.74) is 1.17. The maximum absolute atomic E-state index is 12.0. The van der Waals surface area contributed by atoms with Crippen molar-refractivity contribution < 1.29 is 4.79 Å². The summed E-state index contributed by atoms with van der Waals surface area (Å²) in [4.78, 5) is 14.2. The third kappa shape index (κ3) is 3.70. The molecule has 1 aliphatic heterocycles. The van der Waals surface area contributed by atoms with Gasteiger partial charge in [-0.1, -0.05) is 18.2 Å². The van der Waals surface area contributed by atoms with Crippen LogP contribution in [0.3, 0.4) is 0 Å². The zero-order valence-electron chi connectivity index (χ0n) is 11.7. The molecule has 0 aliphatic carbocycles. The number of benzene rings is 1. The van der Waals surface area contributed by atoms with E-state index >= 15 is 0 Å². The minimum Gasteiger partial charge on any atom is -0.373 e. The number of hydrogen-bond donors (Lipinski definition) is 2. The van der Waals surface area contributed by atoms with Crippen LogP contribution in [0, 0.1) is 5.92 Å². The lowest BCUT2D eigenvalue weighted by molar-refractivity contribution is -0.125. The predicted molar refractivity (Wildman–Crippen MR) is 78.3 cm³/mol. The smallest absolute Gasteiger partial charge is 0.224 e. The van der Waals surface area contributed by atoms with Crippen LogP contribution in [-0.2, 0) is 4.79 Å². The molecule has 2 rings (SSSR count). The van der Waals surface area contributed by atoms with E-state index in [-0.39, 0.29) is 11.8 Å². The summed E-state index contributed by atoms with van der Waals surface area (Å²) in [6, 6.07) is 10.5. The third-order valence-corrected chi connectivity index (χ3v) is 3.81. The maximum Gasteiger partial charge on any atom is 0.224 e. The number of carbonyl (C=O) groups excluding carboxylic acids is 1. The molecular weight excluding hydrogens is 238 g/mol. The van der Waals surface area contributed by atoms with Crippen molar-refractivity contribution in [2.24, 2.45) is 5.92 Å². The van der Waals surface area contributed by atoms with E-state index in [1.54, 1.807) is 0 Å². The minimum absolute atomic E-state index is 0.127. The Labute approximate surface area is 115 Å². The molecule has 1 amide bonds. The Kier molecular flexibility index (Phi) is 4.80. The molecule has 19 heavy (non-hydrogen) atoms. The van der Waals surface area contributed by atoms with Gasteiger partial charge in [0.2, 0.25) is 5.91 Å². The number of nitrogens with zero attached hydrogens (tertiary/aromatic N) is 1. The molecule has 0 aromatic heterocycles. The molecule has 2 atom stereocenters. The number of likely N-dealkylation sites (N-methyl/N-ethyl adjacent to an activating group) is 1. The first-order chi connectivity index (χ1) is 9.18. The SMILES string of the molecule is CC1NCCC1C(=O)NCCN(C)c1ccccc1. The van der Waals surface area contributed by atoms with Crippen LogP contribution >= 0.6 is 0 Å². The molecule has 0 radical (unpaired) electrons. The van der Waals surface area contributed by atoms with E-state index < -0.39 is 0 Å². The third-order valence-electron chi connectivity index (χ3n) is 3.81. The Morgan fingerprint density at radius 1 is 1.42 bits per heavy atom. The summed E-state index contributed by atoms with van der Waals surface area (Å²) in [6.45, 7) is 4.54. The molecule has 1 saturated heterocycles. The van der Waals surface area contributed by atoms with Crippen molar-refractivity contribution in [2.75, 3.05) is 31.6 Å². The van der Waals surface area contributed by atoms with Crippen LogP contribution in [0.5, 0.6) is 0 Å². The monoisotopic (exact) mass is 261 g/mol. The van der Waals surface area contributed by atoms with Crippen molar-refractivity contribution in [3.8, 4) is 0 Å². The number of nitrogens with one attached hydrogen (secondary N) is 2. The van der Waals surface area contributed by atoms with E-state index in [4.69, 9.17) is 0 Å². The van der Waals surface area contributed by atoms with Gasteiger partial charge in [-0.25, -0.2) is 0 Å². The molecule has 2 unspecified atom stereocenters. The van der Waals surface area contributed by atoms with E-state index in [2.05, 4.69) is 34.6 Å². The highest BCUT2D eigenvalue weighted by atomic mass is 16.1. The predicted octanol–water partition coefficient (Wildman–Crippen LogP) is 1.24. The maximum atomic E-state index is 12.0. The van der Waals surface area contributed by atoms with Crippen molar-refractivity contribution in [1.29, 1.82) is 0 Å². The molecule has 1 aromatic rings. The topological polar surface area (TPSA) is 44.4 Å². The van der Waals surface area contributed by atoms with E-state index in [0.717, 1.165) is 19.5 Å². The quantitative estimate of drug-likeness (QED) is 0.838.